The molecule has 0 amide bonds. The van der Waals surface area contributed by atoms with Crippen molar-refractivity contribution in [1.82, 2.24) is 10.3 Å². The van der Waals surface area contributed by atoms with Crippen LogP contribution in [0.15, 0.2) is 5.51 Å². The number of unbranched alkanes of at least 4 members (excludes halogenated alkanes) is 1. The van der Waals surface area contributed by atoms with Gasteiger partial charge in [-0.05, 0) is 20.3 Å². The summed E-state index contributed by atoms with van der Waals surface area (Å²) in [5.41, 5.74) is 3.09. The Morgan fingerprint density at radius 3 is 2.93 bits per heavy atom. The third-order valence-electron chi connectivity index (χ3n) is 2.45. The largest absolute Gasteiger partial charge is 0.309 e. The quantitative estimate of drug-likeness (QED) is 0.783. The second kappa shape index (κ2) is 6.14. The van der Waals surface area contributed by atoms with Crippen molar-refractivity contribution < 1.29 is 0 Å². The maximum absolute atomic E-state index is 4.24. The number of rotatable bonds is 6. The number of aromatic nitrogens is 1. The number of thiazole rings is 1. The molecule has 1 heterocycles. The summed E-state index contributed by atoms with van der Waals surface area (Å²) >= 11 is 1.74. The smallest absolute Gasteiger partial charge is 0.0798 e. The van der Waals surface area contributed by atoms with E-state index < -0.39 is 0 Å². The number of aryl methyl sites for hydroxylation is 1. The Kier molecular flexibility index (Phi) is 5.12. The Balaban J connectivity index is 2.23. The summed E-state index contributed by atoms with van der Waals surface area (Å²) in [5, 5.41) is 3.53. The lowest BCUT2D eigenvalue weighted by Gasteiger charge is -2.12. The Bertz CT molecular complexity index is 258. The molecule has 2 nitrogen and oxygen atoms in total. The van der Waals surface area contributed by atoms with E-state index in [1.54, 1.807) is 11.3 Å². The standard InChI is InChI=1S/C11H20N2S/c1-4-5-6-9(2)12-7-11-10(3)13-8-14-11/h8-9,12H,4-7H2,1-3H3. The van der Waals surface area contributed by atoms with Crippen LogP contribution in [0.1, 0.15) is 43.7 Å². The molecule has 0 spiro atoms. The van der Waals surface area contributed by atoms with Crippen molar-refractivity contribution in [2.45, 2.75) is 52.6 Å². The van der Waals surface area contributed by atoms with E-state index in [0.29, 0.717) is 6.04 Å². The van der Waals surface area contributed by atoms with Gasteiger partial charge in [0.1, 0.15) is 0 Å². The lowest BCUT2D eigenvalue weighted by atomic mass is 10.1. The first-order valence-corrected chi connectivity index (χ1v) is 6.24. The van der Waals surface area contributed by atoms with E-state index in [-0.39, 0.29) is 0 Å². The Labute approximate surface area is 90.8 Å². The van der Waals surface area contributed by atoms with Crippen LogP contribution in [0.2, 0.25) is 0 Å². The molecule has 0 saturated heterocycles. The van der Waals surface area contributed by atoms with Gasteiger partial charge in [0.05, 0.1) is 11.2 Å². The van der Waals surface area contributed by atoms with Crippen LogP contribution < -0.4 is 5.32 Å². The predicted octanol–water partition coefficient (Wildman–Crippen LogP) is 3.12. The van der Waals surface area contributed by atoms with E-state index in [9.17, 15) is 0 Å². The SMILES string of the molecule is CCCCC(C)NCc1scnc1C. The molecule has 1 atom stereocenters. The Morgan fingerprint density at radius 2 is 2.36 bits per heavy atom. The topological polar surface area (TPSA) is 24.9 Å². The molecule has 0 aromatic carbocycles. The van der Waals surface area contributed by atoms with Gasteiger partial charge in [0, 0.05) is 17.5 Å². The van der Waals surface area contributed by atoms with Gasteiger partial charge in [-0.15, -0.1) is 11.3 Å². The average Bonchev–Trinajstić information content (AvgIpc) is 2.58. The third kappa shape index (κ3) is 3.76. The molecule has 14 heavy (non-hydrogen) atoms. The first kappa shape index (κ1) is 11.7. The van der Waals surface area contributed by atoms with E-state index in [2.05, 4.69) is 31.1 Å². The van der Waals surface area contributed by atoms with Crippen molar-refractivity contribution in [1.29, 1.82) is 0 Å². The highest BCUT2D eigenvalue weighted by Crippen LogP contribution is 2.12. The van der Waals surface area contributed by atoms with Crippen LogP contribution in [0, 0.1) is 6.92 Å². The fourth-order valence-corrected chi connectivity index (χ4v) is 2.10. The van der Waals surface area contributed by atoms with Gasteiger partial charge in [-0.25, -0.2) is 4.98 Å². The Morgan fingerprint density at radius 1 is 1.57 bits per heavy atom. The third-order valence-corrected chi connectivity index (χ3v) is 3.38. The molecule has 1 N–H and O–H groups in total. The van der Waals surface area contributed by atoms with Crippen LogP contribution in [0.25, 0.3) is 0 Å². The summed E-state index contributed by atoms with van der Waals surface area (Å²) < 4.78 is 0. The van der Waals surface area contributed by atoms with E-state index in [0.717, 1.165) is 6.54 Å². The second-order valence-electron chi connectivity index (χ2n) is 3.79. The highest BCUT2D eigenvalue weighted by Gasteiger charge is 2.04. The number of nitrogens with one attached hydrogen (secondary N) is 1. The molecule has 0 radical (unpaired) electrons. The van der Waals surface area contributed by atoms with Crippen LogP contribution in [0.3, 0.4) is 0 Å². The van der Waals surface area contributed by atoms with Gasteiger partial charge in [-0.1, -0.05) is 19.8 Å². The Hall–Kier alpha value is -0.410. The molecule has 1 unspecified atom stereocenters. The highest BCUT2D eigenvalue weighted by atomic mass is 32.1. The van der Waals surface area contributed by atoms with E-state index in [1.165, 1.54) is 29.8 Å². The van der Waals surface area contributed by atoms with E-state index in [4.69, 9.17) is 0 Å². The molecule has 3 heteroatoms. The van der Waals surface area contributed by atoms with E-state index >= 15 is 0 Å². The maximum Gasteiger partial charge on any atom is 0.0798 e. The molecule has 80 valence electrons. The van der Waals surface area contributed by atoms with Gasteiger partial charge < -0.3 is 5.32 Å². The maximum atomic E-state index is 4.24. The fraction of sp³-hybridized carbons (Fsp3) is 0.727. The minimum atomic E-state index is 0.622. The van der Waals surface area contributed by atoms with Crippen molar-refractivity contribution in [2.75, 3.05) is 0 Å². The first-order chi connectivity index (χ1) is 6.74. The van der Waals surface area contributed by atoms with Crippen LogP contribution in [-0.2, 0) is 6.54 Å². The zero-order chi connectivity index (χ0) is 10.4. The van der Waals surface area contributed by atoms with E-state index in [1.807, 2.05) is 5.51 Å². The van der Waals surface area contributed by atoms with Gasteiger partial charge in [-0.2, -0.15) is 0 Å². The highest BCUT2D eigenvalue weighted by molar-refractivity contribution is 7.09. The molecule has 0 aliphatic carbocycles. The molecular formula is C11H20N2S. The molecule has 1 aromatic heterocycles. The van der Waals surface area contributed by atoms with Gasteiger partial charge in [0.25, 0.3) is 0 Å². The number of nitrogens with zero attached hydrogens (tertiary/aromatic N) is 1. The van der Waals surface area contributed by atoms with Crippen LogP contribution in [0.4, 0.5) is 0 Å². The summed E-state index contributed by atoms with van der Waals surface area (Å²) in [5.74, 6) is 0. The summed E-state index contributed by atoms with van der Waals surface area (Å²) in [6.45, 7) is 7.54. The molecule has 0 saturated carbocycles. The first-order valence-electron chi connectivity index (χ1n) is 5.36. The minimum Gasteiger partial charge on any atom is -0.309 e. The van der Waals surface area contributed by atoms with Crippen molar-refractivity contribution in [2.24, 2.45) is 0 Å². The van der Waals surface area contributed by atoms with Crippen LogP contribution in [-0.4, -0.2) is 11.0 Å². The number of hydrogen-bond acceptors (Lipinski definition) is 3. The summed E-state index contributed by atoms with van der Waals surface area (Å²) in [6, 6.07) is 0.622. The van der Waals surface area contributed by atoms with Gasteiger partial charge in [0.15, 0.2) is 0 Å². The zero-order valence-corrected chi connectivity index (χ0v) is 10.2. The van der Waals surface area contributed by atoms with Crippen LogP contribution in [0.5, 0.6) is 0 Å². The minimum absolute atomic E-state index is 0.622. The summed E-state index contributed by atoms with van der Waals surface area (Å²) in [4.78, 5) is 5.60. The van der Waals surface area contributed by atoms with Crippen molar-refractivity contribution in [3.63, 3.8) is 0 Å². The van der Waals surface area contributed by atoms with Gasteiger partial charge in [0.2, 0.25) is 0 Å². The predicted molar refractivity (Wildman–Crippen MR) is 62.7 cm³/mol. The molecule has 0 aliphatic heterocycles. The average molecular weight is 212 g/mol. The zero-order valence-electron chi connectivity index (χ0n) is 9.34. The fourth-order valence-electron chi connectivity index (χ4n) is 1.38. The molecule has 0 fully saturated rings. The normalized spacial score (nSPS) is 13.1. The second-order valence-corrected chi connectivity index (χ2v) is 4.72. The number of hydrogen-bond donors (Lipinski definition) is 1. The van der Waals surface area contributed by atoms with Crippen molar-refractivity contribution in [3.05, 3.63) is 16.1 Å². The van der Waals surface area contributed by atoms with Crippen LogP contribution >= 0.6 is 11.3 Å². The molecular weight excluding hydrogens is 192 g/mol. The monoisotopic (exact) mass is 212 g/mol. The van der Waals surface area contributed by atoms with Crippen molar-refractivity contribution in [3.8, 4) is 0 Å². The van der Waals surface area contributed by atoms with Crippen molar-refractivity contribution >= 4 is 11.3 Å². The van der Waals surface area contributed by atoms with Gasteiger partial charge in [-0.3, -0.25) is 0 Å². The molecule has 0 aliphatic rings. The summed E-state index contributed by atoms with van der Waals surface area (Å²) in [6.07, 6.45) is 3.87. The molecule has 0 bridgehead atoms. The lowest BCUT2D eigenvalue weighted by Crippen LogP contribution is -2.25. The summed E-state index contributed by atoms with van der Waals surface area (Å²) in [7, 11) is 0. The lowest BCUT2D eigenvalue weighted by molar-refractivity contribution is 0.496. The van der Waals surface area contributed by atoms with Gasteiger partial charge >= 0.3 is 0 Å². The molecule has 1 aromatic rings. The molecule has 1 rings (SSSR count).